The Morgan fingerprint density at radius 2 is 1.45 bits per heavy atom. The summed E-state index contributed by atoms with van der Waals surface area (Å²) in [5.74, 6) is 1.74. The van der Waals surface area contributed by atoms with Gasteiger partial charge in [0, 0.05) is 23.4 Å². The lowest BCUT2D eigenvalue weighted by atomic mass is 10.2. The van der Waals surface area contributed by atoms with Crippen molar-refractivity contribution in [3.63, 3.8) is 0 Å². The van der Waals surface area contributed by atoms with Crippen molar-refractivity contribution in [1.82, 2.24) is 0 Å². The van der Waals surface area contributed by atoms with E-state index in [2.05, 4.69) is 12.1 Å². The van der Waals surface area contributed by atoms with E-state index in [1.54, 1.807) is 0 Å². The van der Waals surface area contributed by atoms with Gasteiger partial charge in [-0.1, -0.05) is 18.2 Å². The van der Waals surface area contributed by atoms with Crippen molar-refractivity contribution in [1.29, 1.82) is 0 Å². The summed E-state index contributed by atoms with van der Waals surface area (Å²) in [6.07, 6.45) is 2.12. The molecule has 0 saturated carbocycles. The van der Waals surface area contributed by atoms with Crippen molar-refractivity contribution in [2.45, 2.75) is 17.7 Å². The van der Waals surface area contributed by atoms with Crippen molar-refractivity contribution in [3.8, 4) is 11.5 Å². The van der Waals surface area contributed by atoms with E-state index in [0.29, 0.717) is 0 Å². The van der Waals surface area contributed by atoms with Crippen LogP contribution in [0.3, 0.4) is 0 Å². The Kier molecular flexibility index (Phi) is 4.61. The van der Waals surface area contributed by atoms with E-state index in [0.717, 1.165) is 37.6 Å². The molecule has 2 nitrogen and oxygen atoms in total. The van der Waals surface area contributed by atoms with Gasteiger partial charge in [0.25, 0.3) is 0 Å². The maximum Gasteiger partial charge on any atom is 0.127 e. The quantitative estimate of drug-likeness (QED) is 0.795. The van der Waals surface area contributed by atoms with Crippen molar-refractivity contribution >= 4 is 11.8 Å². The molecule has 20 heavy (non-hydrogen) atoms. The minimum atomic E-state index is 0.859. The van der Waals surface area contributed by atoms with Crippen LogP contribution in [0.25, 0.3) is 0 Å². The fraction of sp³-hybridized carbons (Fsp3) is 0.235. The molecule has 1 aliphatic rings. The smallest absolute Gasteiger partial charge is 0.127 e. The van der Waals surface area contributed by atoms with Crippen LogP contribution in [-0.2, 0) is 4.74 Å². The first-order chi connectivity index (χ1) is 9.90. The summed E-state index contributed by atoms with van der Waals surface area (Å²) in [5.41, 5.74) is 0. The summed E-state index contributed by atoms with van der Waals surface area (Å²) in [6, 6.07) is 18.1. The minimum Gasteiger partial charge on any atom is -0.457 e. The van der Waals surface area contributed by atoms with E-state index in [-0.39, 0.29) is 0 Å². The molecular formula is C17H17O2S. The molecule has 2 aromatic carbocycles. The first kappa shape index (κ1) is 13.5. The van der Waals surface area contributed by atoms with Crippen molar-refractivity contribution in [3.05, 3.63) is 59.8 Å². The molecular weight excluding hydrogens is 268 g/mol. The molecule has 3 heteroatoms. The third kappa shape index (κ3) is 3.78. The molecule has 3 rings (SSSR count). The predicted molar refractivity (Wildman–Crippen MR) is 82.1 cm³/mol. The molecule has 1 aliphatic heterocycles. The number of hydrogen-bond donors (Lipinski definition) is 0. The van der Waals surface area contributed by atoms with E-state index in [1.165, 1.54) is 10.1 Å². The Hall–Kier alpha value is -1.45. The maximum atomic E-state index is 5.79. The van der Waals surface area contributed by atoms with Gasteiger partial charge >= 0.3 is 0 Å². The Bertz CT molecular complexity index is 518. The van der Waals surface area contributed by atoms with Gasteiger partial charge in [0.2, 0.25) is 0 Å². The van der Waals surface area contributed by atoms with Crippen LogP contribution in [0.15, 0.2) is 59.5 Å². The molecule has 1 fully saturated rings. The van der Waals surface area contributed by atoms with Gasteiger partial charge in [-0.15, -0.1) is 11.8 Å². The third-order valence-electron chi connectivity index (χ3n) is 3.12. The first-order valence-corrected chi connectivity index (χ1v) is 7.65. The van der Waals surface area contributed by atoms with Crippen molar-refractivity contribution < 1.29 is 9.47 Å². The summed E-state index contributed by atoms with van der Waals surface area (Å²) in [4.78, 5) is 1.27. The zero-order chi connectivity index (χ0) is 13.6. The van der Waals surface area contributed by atoms with E-state index >= 15 is 0 Å². The number of hydrogen-bond acceptors (Lipinski definition) is 3. The lowest BCUT2D eigenvalue weighted by Crippen LogP contribution is -2.11. The van der Waals surface area contributed by atoms with Crippen LogP contribution in [-0.4, -0.2) is 13.2 Å². The van der Waals surface area contributed by atoms with Crippen LogP contribution in [0.4, 0.5) is 0 Å². The maximum absolute atomic E-state index is 5.79. The van der Waals surface area contributed by atoms with Gasteiger partial charge in [-0.2, -0.15) is 0 Å². The molecule has 1 saturated heterocycles. The lowest BCUT2D eigenvalue weighted by molar-refractivity contribution is 0.114. The van der Waals surface area contributed by atoms with Gasteiger partial charge in [0.15, 0.2) is 0 Å². The molecule has 0 bridgehead atoms. The van der Waals surface area contributed by atoms with Gasteiger partial charge in [-0.3, -0.25) is 0 Å². The van der Waals surface area contributed by atoms with E-state index in [1.807, 2.05) is 54.2 Å². The molecule has 0 N–H and O–H groups in total. The Balaban J connectivity index is 1.59. The highest BCUT2D eigenvalue weighted by Gasteiger charge is 2.15. The molecule has 0 amide bonds. The average molecular weight is 285 g/mol. The highest BCUT2D eigenvalue weighted by molar-refractivity contribution is 8.02. The highest BCUT2D eigenvalue weighted by atomic mass is 32.2. The molecule has 0 aliphatic carbocycles. The zero-order valence-corrected chi connectivity index (χ0v) is 12.1. The Morgan fingerprint density at radius 3 is 2.15 bits per heavy atom. The second kappa shape index (κ2) is 6.82. The number of para-hydroxylation sites is 1. The second-order valence-corrected chi connectivity index (χ2v) is 5.89. The molecule has 2 aromatic rings. The van der Waals surface area contributed by atoms with Crippen molar-refractivity contribution in [2.75, 3.05) is 13.2 Å². The number of rotatable bonds is 4. The fourth-order valence-electron chi connectivity index (χ4n) is 2.07. The monoisotopic (exact) mass is 285 g/mol. The van der Waals surface area contributed by atoms with Crippen molar-refractivity contribution in [2.24, 2.45) is 0 Å². The Labute approximate surface area is 124 Å². The molecule has 103 valence electrons. The molecule has 1 heterocycles. The summed E-state index contributed by atoms with van der Waals surface area (Å²) < 4.78 is 11.2. The van der Waals surface area contributed by atoms with Crippen LogP contribution in [0.5, 0.6) is 11.5 Å². The standard InChI is InChI=1S/C17H17O2S/c1-2-4-14(5-3-1)19-15-6-8-16(9-7-15)20-17-10-12-18-13-11-17/h1-9H,10-13H2. The number of thioether (sulfide) groups is 1. The molecule has 0 unspecified atom stereocenters. The molecule has 0 spiro atoms. The summed E-state index contributed by atoms with van der Waals surface area (Å²) in [7, 11) is 0. The largest absolute Gasteiger partial charge is 0.457 e. The predicted octanol–water partition coefficient (Wildman–Crippen LogP) is 4.91. The van der Waals surface area contributed by atoms with Crippen LogP contribution in [0, 0.1) is 5.25 Å². The van der Waals surface area contributed by atoms with E-state index < -0.39 is 0 Å². The number of ether oxygens (including phenoxy) is 2. The van der Waals surface area contributed by atoms with Crippen LogP contribution < -0.4 is 4.74 Å². The lowest BCUT2D eigenvalue weighted by Gasteiger charge is -2.20. The van der Waals surface area contributed by atoms with Gasteiger partial charge in [0.05, 0.1) is 0 Å². The molecule has 1 radical (unpaired) electrons. The molecule has 0 atom stereocenters. The zero-order valence-electron chi connectivity index (χ0n) is 11.2. The SMILES string of the molecule is c1ccc(Oc2ccc(S[C]3CCOCC3)cc2)cc1. The summed E-state index contributed by atoms with van der Waals surface area (Å²) in [6.45, 7) is 1.72. The van der Waals surface area contributed by atoms with Crippen LogP contribution >= 0.6 is 11.8 Å². The minimum absolute atomic E-state index is 0.859. The van der Waals surface area contributed by atoms with Gasteiger partial charge in [0.1, 0.15) is 11.5 Å². The normalized spacial score (nSPS) is 16.0. The highest BCUT2D eigenvalue weighted by Crippen LogP contribution is 2.36. The summed E-state index contributed by atoms with van der Waals surface area (Å²) in [5, 5.41) is 1.51. The fourth-order valence-corrected chi connectivity index (χ4v) is 3.04. The Morgan fingerprint density at radius 1 is 0.800 bits per heavy atom. The topological polar surface area (TPSA) is 18.5 Å². The second-order valence-electron chi connectivity index (χ2n) is 4.64. The van der Waals surface area contributed by atoms with Crippen LogP contribution in [0.2, 0.25) is 0 Å². The van der Waals surface area contributed by atoms with Gasteiger partial charge < -0.3 is 9.47 Å². The van der Waals surface area contributed by atoms with E-state index in [4.69, 9.17) is 9.47 Å². The van der Waals surface area contributed by atoms with Gasteiger partial charge in [-0.05, 0) is 49.2 Å². The number of benzene rings is 2. The van der Waals surface area contributed by atoms with E-state index in [9.17, 15) is 0 Å². The average Bonchev–Trinajstić information content (AvgIpc) is 2.51. The van der Waals surface area contributed by atoms with Gasteiger partial charge in [-0.25, -0.2) is 0 Å². The molecule has 0 aromatic heterocycles. The third-order valence-corrected chi connectivity index (χ3v) is 4.32. The van der Waals surface area contributed by atoms with Crippen LogP contribution in [0.1, 0.15) is 12.8 Å². The first-order valence-electron chi connectivity index (χ1n) is 6.83. The summed E-state index contributed by atoms with van der Waals surface area (Å²) >= 11 is 1.86.